The summed E-state index contributed by atoms with van der Waals surface area (Å²) in [6.45, 7) is 0. The lowest BCUT2D eigenvalue weighted by atomic mass is 10.2. The fraction of sp³-hybridized carbons (Fsp3) is 0.143. The van der Waals surface area contributed by atoms with E-state index in [1.807, 2.05) is 0 Å². The SMILES string of the molecule is COc1ccc(N)c(S(=O)(=O)Cc2cccc(F)c2Br)c1. The first kappa shape index (κ1) is 15.8. The van der Waals surface area contributed by atoms with Crippen LogP contribution in [-0.2, 0) is 15.6 Å². The minimum absolute atomic E-state index is 0.0296. The van der Waals surface area contributed by atoms with Gasteiger partial charge in [-0.1, -0.05) is 12.1 Å². The molecule has 0 unspecified atom stereocenters. The van der Waals surface area contributed by atoms with Gasteiger partial charge < -0.3 is 10.5 Å². The molecule has 0 fully saturated rings. The van der Waals surface area contributed by atoms with E-state index in [4.69, 9.17) is 10.5 Å². The molecule has 112 valence electrons. The van der Waals surface area contributed by atoms with Crippen LogP contribution >= 0.6 is 15.9 Å². The van der Waals surface area contributed by atoms with Crippen molar-refractivity contribution in [2.45, 2.75) is 10.6 Å². The Hall–Kier alpha value is -1.60. The normalized spacial score (nSPS) is 11.4. The van der Waals surface area contributed by atoms with Crippen LogP contribution < -0.4 is 10.5 Å². The molecular formula is C14H13BrFNO3S. The fourth-order valence-electron chi connectivity index (χ4n) is 1.85. The number of nitrogens with two attached hydrogens (primary N) is 1. The molecule has 2 N–H and O–H groups in total. The Morgan fingerprint density at radius 3 is 2.67 bits per heavy atom. The van der Waals surface area contributed by atoms with Gasteiger partial charge in [0.25, 0.3) is 0 Å². The van der Waals surface area contributed by atoms with Crippen molar-refractivity contribution in [1.82, 2.24) is 0 Å². The molecule has 0 aromatic heterocycles. The first-order valence-electron chi connectivity index (χ1n) is 5.94. The van der Waals surface area contributed by atoms with Crippen LogP contribution in [0.1, 0.15) is 5.56 Å². The molecule has 4 nitrogen and oxygen atoms in total. The van der Waals surface area contributed by atoms with Crippen molar-refractivity contribution in [1.29, 1.82) is 0 Å². The Morgan fingerprint density at radius 1 is 1.29 bits per heavy atom. The van der Waals surface area contributed by atoms with Crippen molar-refractivity contribution in [2.24, 2.45) is 0 Å². The molecule has 21 heavy (non-hydrogen) atoms. The second-order valence-electron chi connectivity index (χ2n) is 4.38. The molecule has 0 bridgehead atoms. The van der Waals surface area contributed by atoms with E-state index in [0.29, 0.717) is 11.3 Å². The lowest BCUT2D eigenvalue weighted by Gasteiger charge is -2.10. The number of anilines is 1. The van der Waals surface area contributed by atoms with Crippen molar-refractivity contribution in [3.8, 4) is 5.75 Å². The highest BCUT2D eigenvalue weighted by Crippen LogP contribution is 2.29. The van der Waals surface area contributed by atoms with E-state index >= 15 is 0 Å². The number of hydrogen-bond donors (Lipinski definition) is 1. The number of ether oxygens (including phenoxy) is 1. The van der Waals surface area contributed by atoms with Crippen molar-refractivity contribution in [3.63, 3.8) is 0 Å². The van der Waals surface area contributed by atoms with Crippen LogP contribution in [0.25, 0.3) is 0 Å². The third-order valence-corrected chi connectivity index (χ3v) is 5.54. The summed E-state index contributed by atoms with van der Waals surface area (Å²) in [5.41, 5.74) is 6.19. The summed E-state index contributed by atoms with van der Waals surface area (Å²) in [6.07, 6.45) is 0. The summed E-state index contributed by atoms with van der Waals surface area (Å²) in [6, 6.07) is 8.65. The van der Waals surface area contributed by atoms with E-state index in [0.717, 1.165) is 0 Å². The van der Waals surface area contributed by atoms with E-state index in [1.54, 1.807) is 12.1 Å². The zero-order valence-corrected chi connectivity index (χ0v) is 13.5. The summed E-state index contributed by atoms with van der Waals surface area (Å²) in [7, 11) is -2.28. The van der Waals surface area contributed by atoms with Crippen molar-refractivity contribution in [3.05, 3.63) is 52.3 Å². The Kier molecular flexibility index (Phi) is 4.53. The predicted molar refractivity (Wildman–Crippen MR) is 82.4 cm³/mol. The molecule has 0 heterocycles. The predicted octanol–water partition coefficient (Wildman–Crippen LogP) is 3.15. The molecule has 0 saturated heterocycles. The van der Waals surface area contributed by atoms with Crippen LogP contribution in [0.5, 0.6) is 5.75 Å². The first-order valence-corrected chi connectivity index (χ1v) is 8.39. The third kappa shape index (κ3) is 3.36. The summed E-state index contributed by atoms with van der Waals surface area (Å²) in [5.74, 6) is -0.481. The minimum Gasteiger partial charge on any atom is -0.497 e. The molecule has 0 aliphatic carbocycles. The Balaban J connectivity index is 2.46. The molecule has 0 aliphatic heterocycles. The number of nitrogen functional groups attached to an aromatic ring is 1. The highest BCUT2D eigenvalue weighted by molar-refractivity contribution is 9.10. The van der Waals surface area contributed by atoms with E-state index < -0.39 is 15.7 Å². The maximum absolute atomic E-state index is 13.5. The van der Waals surface area contributed by atoms with Gasteiger partial charge in [0.05, 0.1) is 27.9 Å². The van der Waals surface area contributed by atoms with Gasteiger partial charge in [-0.25, -0.2) is 12.8 Å². The number of methoxy groups -OCH3 is 1. The summed E-state index contributed by atoms with van der Waals surface area (Å²) in [4.78, 5) is -0.0296. The van der Waals surface area contributed by atoms with Gasteiger partial charge in [0.15, 0.2) is 9.84 Å². The van der Waals surface area contributed by atoms with Crippen LogP contribution in [0.2, 0.25) is 0 Å². The molecule has 0 amide bonds. The van der Waals surface area contributed by atoms with Crippen LogP contribution in [-0.4, -0.2) is 15.5 Å². The lowest BCUT2D eigenvalue weighted by Crippen LogP contribution is -2.09. The Labute approximate surface area is 130 Å². The number of rotatable bonds is 4. The molecule has 0 atom stereocenters. The zero-order valence-electron chi connectivity index (χ0n) is 11.1. The average molecular weight is 374 g/mol. The summed E-state index contributed by atoms with van der Waals surface area (Å²) >= 11 is 3.06. The molecule has 2 aromatic carbocycles. The number of hydrogen-bond acceptors (Lipinski definition) is 4. The van der Waals surface area contributed by atoms with Crippen molar-refractivity contribution >= 4 is 31.5 Å². The monoisotopic (exact) mass is 373 g/mol. The molecule has 0 radical (unpaired) electrons. The van der Waals surface area contributed by atoms with E-state index in [2.05, 4.69) is 15.9 Å². The smallest absolute Gasteiger partial charge is 0.184 e. The quantitative estimate of drug-likeness (QED) is 0.835. The van der Waals surface area contributed by atoms with Gasteiger partial charge >= 0.3 is 0 Å². The Bertz CT molecular complexity index is 778. The third-order valence-electron chi connectivity index (χ3n) is 2.93. The van der Waals surface area contributed by atoms with Crippen molar-refractivity contribution in [2.75, 3.05) is 12.8 Å². The summed E-state index contributed by atoms with van der Waals surface area (Å²) in [5, 5.41) is 0. The van der Waals surface area contributed by atoms with E-state index in [9.17, 15) is 12.8 Å². The van der Waals surface area contributed by atoms with Gasteiger partial charge in [0.2, 0.25) is 0 Å². The maximum atomic E-state index is 13.5. The second kappa shape index (κ2) is 6.03. The minimum atomic E-state index is -3.72. The van der Waals surface area contributed by atoms with Crippen LogP contribution in [0.4, 0.5) is 10.1 Å². The van der Waals surface area contributed by atoms with Gasteiger partial charge in [-0.15, -0.1) is 0 Å². The van der Waals surface area contributed by atoms with Crippen LogP contribution in [0, 0.1) is 5.82 Å². The molecular weight excluding hydrogens is 361 g/mol. The number of sulfone groups is 1. The van der Waals surface area contributed by atoms with Gasteiger partial charge in [0, 0.05) is 6.07 Å². The molecule has 2 rings (SSSR count). The largest absolute Gasteiger partial charge is 0.497 e. The van der Waals surface area contributed by atoms with Gasteiger partial charge in [-0.3, -0.25) is 0 Å². The topological polar surface area (TPSA) is 69.4 Å². The maximum Gasteiger partial charge on any atom is 0.184 e. The van der Waals surface area contributed by atoms with Gasteiger partial charge in [-0.05, 0) is 39.7 Å². The number of halogens is 2. The highest BCUT2D eigenvalue weighted by Gasteiger charge is 2.21. The van der Waals surface area contributed by atoms with Gasteiger partial charge in [0.1, 0.15) is 11.6 Å². The second-order valence-corrected chi connectivity index (χ2v) is 7.13. The molecule has 0 aliphatic rings. The van der Waals surface area contributed by atoms with E-state index in [1.165, 1.54) is 31.4 Å². The standard InChI is InChI=1S/C14H13BrFNO3S/c1-20-10-5-6-12(17)13(7-10)21(18,19)8-9-3-2-4-11(16)14(9)15/h2-7H,8,17H2,1H3. The zero-order chi connectivity index (χ0) is 15.6. The van der Waals surface area contributed by atoms with E-state index in [-0.39, 0.29) is 20.8 Å². The van der Waals surface area contributed by atoms with Crippen molar-refractivity contribution < 1.29 is 17.5 Å². The average Bonchev–Trinajstić information content (AvgIpc) is 2.44. The molecule has 0 saturated carbocycles. The lowest BCUT2D eigenvalue weighted by molar-refractivity contribution is 0.413. The van der Waals surface area contributed by atoms with Gasteiger partial charge in [-0.2, -0.15) is 0 Å². The molecule has 0 spiro atoms. The molecule has 2 aromatic rings. The van der Waals surface area contributed by atoms with Crippen LogP contribution in [0.3, 0.4) is 0 Å². The Morgan fingerprint density at radius 2 is 2.00 bits per heavy atom. The molecule has 7 heteroatoms. The van der Waals surface area contributed by atoms with Crippen LogP contribution in [0.15, 0.2) is 45.8 Å². The highest BCUT2D eigenvalue weighted by atomic mass is 79.9. The summed E-state index contributed by atoms with van der Waals surface area (Å²) < 4.78 is 43.6. The first-order chi connectivity index (χ1) is 9.85. The fourth-order valence-corrected chi connectivity index (χ4v) is 3.97. The number of benzene rings is 2.